The Balaban J connectivity index is 1.97. The SMILES string of the molecule is CC(C)(O)CN1CCN(C(=O)c2cc(O)cc(O)c2)CC1. The molecule has 3 N–H and O–H groups in total. The molecule has 116 valence electrons. The van der Waals surface area contributed by atoms with Crippen molar-refractivity contribution in [3.63, 3.8) is 0 Å². The summed E-state index contributed by atoms with van der Waals surface area (Å²) >= 11 is 0. The van der Waals surface area contributed by atoms with E-state index < -0.39 is 5.60 Å². The van der Waals surface area contributed by atoms with E-state index in [-0.39, 0.29) is 23.0 Å². The Labute approximate surface area is 124 Å². The lowest BCUT2D eigenvalue weighted by Crippen LogP contribution is -2.51. The first-order chi connectivity index (χ1) is 9.74. The number of aliphatic hydroxyl groups is 1. The number of hydrogen-bond acceptors (Lipinski definition) is 5. The molecule has 2 rings (SSSR count). The van der Waals surface area contributed by atoms with E-state index in [9.17, 15) is 20.1 Å². The van der Waals surface area contributed by atoms with Crippen molar-refractivity contribution in [1.29, 1.82) is 0 Å². The van der Waals surface area contributed by atoms with E-state index in [4.69, 9.17) is 0 Å². The van der Waals surface area contributed by atoms with E-state index in [2.05, 4.69) is 4.90 Å². The van der Waals surface area contributed by atoms with Crippen LogP contribution in [0.5, 0.6) is 11.5 Å². The molecular weight excluding hydrogens is 272 g/mol. The van der Waals surface area contributed by atoms with Crippen LogP contribution in [0.3, 0.4) is 0 Å². The average Bonchev–Trinajstić information content (AvgIpc) is 2.35. The molecule has 0 radical (unpaired) electrons. The quantitative estimate of drug-likeness (QED) is 0.761. The van der Waals surface area contributed by atoms with Gasteiger partial charge in [-0.2, -0.15) is 0 Å². The van der Waals surface area contributed by atoms with Gasteiger partial charge in [-0.1, -0.05) is 0 Å². The summed E-state index contributed by atoms with van der Waals surface area (Å²) in [6.07, 6.45) is 0. The predicted molar refractivity (Wildman–Crippen MR) is 78.4 cm³/mol. The molecule has 1 aliphatic rings. The van der Waals surface area contributed by atoms with Crippen LogP contribution in [0.15, 0.2) is 18.2 Å². The largest absolute Gasteiger partial charge is 0.508 e. The van der Waals surface area contributed by atoms with Crippen molar-refractivity contribution in [2.75, 3.05) is 32.7 Å². The normalized spacial score (nSPS) is 17.0. The minimum Gasteiger partial charge on any atom is -0.508 e. The molecule has 0 saturated carbocycles. The molecule has 1 aliphatic heterocycles. The number of nitrogens with zero attached hydrogens (tertiary/aromatic N) is 2. The Morgan fingerprint density at radius 1 is 1.10 bits per heavy atom. The molecule has 1 saturated heterocycles. The van der Waals surface area contributed by atoms with Crippen molar-refractivity contribution in [2.45, 2.75) is 19.4 Å². The fourth-order valence-electron chi connectivity index (χ4n) is 2.56. The summed E-state index contributed by atoms with van der Waals surface area (Å²) in [5, 5.41) is 28.7. The molecule has 1 aromatic carbocycles. The highest BCUT2D eigenvalue weighted by Crippen LogP contribution is 2.22. The van der Waals surface area contributed by atoms with Crippen molar-refractivity contribution in [1.82, 2.24) is 9.80 Å². The molecule has 0 atom stereocenters. The highest BCUT2D eigenvalue weighted by molar-refractivity contribution is 5.95. The number of rotatable bonds is 3. The molecular formula is C15H22N2O4. The Morgan fingerprint density at radius 2 is 1.62 bits per heavy atom. The molecule has 0 aliphatic carbocycles. The van der Waals surface area contributed by atoms with Gasteiger partial charge in [-0.05, 0) is 26.0 Å². The molecule has 0 aromatic heterocycles. The van der Waals surface area contributed by atoms with Crippen molar-refractivity contribution in [3.8, 4) is 11.5 Å². The van der Waals surface area contributed by atoms with E-state index in [0.717, 1.165) is 0 Å². The van der Waals surface area contributed by atoms with Crippen LogP contribution in [0.25, 0.3) is 0 Å². The fourth-order valence-corrected chi connectivity index (χ4v) is 2.56. The van der Waals surface area contributed by atoms with Gasteiger partial charge in [0.2, 0.25) is 0 Å². The van der Waals surface area contributed by atoms with Gasteiger partial charge in [0.15, 0.2) is 0 Å². The Kier molecular flexibility index (Phi) is 4.39. The number of phenols is 2. The van der Waals surface area contributed by atoms with Crippen LogP contribution in [0.1, 0.15) is 24.2 Å². The minimum absolute atomic E-state index is 0.126. The molecule has 1 heterocycles. The number of benzene rings is 1. The Morgan fingerprint density at radius 3 is 2.10 bits per heavy atom. The van der Waals surface area contributed by atoms with Crippen LogP contribution in [-0.4, -0.2) is 69.4 Å². The van der Waals surface area contributed by atoms with E-state index in [1.54, 1.807) is 18.7 Å². The maximum Gasteiger partial charge on any atom is 0.254 e. The zero-order valence-electron chi connectivity index (χ0n) is 12.4. The second-order valence-corrected chi connectivity index (χ2v) is 6.12. The summed E-state index contributed by atoms with van der Waals surface area (Å²) in [6, 6.07) is 3.90. The van der Waals surface area contributed by atoms with Gasteiger partial charge >= 0.3 is 0 Å². The van der Waals surface area contributed by atoms with Crippen LogP contribution >= 0.6 is 0 Å². The monoisotopic (exact) mass is 294 g/mol. The van der Waals surface area contributed by atoms with Crippen LogP contribution in [0, 0.1) is 0 Å². The average molecular weight is 294 g/mol. The Hall–Kier alpha value is -1.79. The van der Waals surface area contributed by atoms with Gasteiger partial charge < -0.3 is 20.2 Å². The van der Waals surface area contributed by atoms with Crippen LogP contribution in [0.4, 0.5) is 0 Å². The maximum atomic E-state index is 12.3. The van der Waals surface area contributed by atoms with Crippen molar-refractivity contribution in [3.05, 3.63) is 23.8 Å². The van der Waals surface area contributed by atoms with Crippen LogP contribution in [-0.2, 0) is 0 Å². The zero-order valence-corrected chi connectivity index (χ0v) is 12.4. The maximum absolute atomic E-state index is 12.3. The van der Waals surface area contributed by atoms with Gasteiger partial charge in [-0.15, -0.1) is 0 Å². The summed E-state index contributed by atoms with van der Waals surface area (Å²) in [5.74, 6) is -0.456. The van der Waals surface area contributed by atoms with Gasteiger partial charge in [0.25, 0.3) is 5.91 Å². The number of β-amino-alcohol motifs (C(OH)–C–C–N with tert-alkyl or cyclic N) is 1. The lowest BCUT2D eigenvalue weighted by molar-refractivity contribution is 0.0178. The first-order valence-electron chi connectivity index (χ1n) is 7.02. The second-order valence-electron chi connectivity index (χ2n) is 6.12. The third kappa shape index (κ3) is 4.34. The third-order valence-electron chi connectivity index (χ3n) is 3.42. The highest BCUT2D eigenvalue weighted by Gasteiger charge is 2.25. The summed E-state index contributed by atoms with van der Waals surface area (Å²) < 4.78 is 0. The van der Waals surface area contributed by atoms with Gasteiger partial charge in [0.1, 0.15) is 11.5 Å². The number of carbonyl (C=O) groups excluding carboxylic acids is 1. The number of amides is 1. The molecule has 6 heteroatoms. The van der Waals surface area contributed by atoms with Crippen molar-refractivity contribution in [2.24, 2.45) is 0 Å². The molecule has 0 spiro atoms. The van der Waals surface area contributed by atoms with E-state index in [0.29, 0.717) is 32.7 Å². The molecule has 0 unspecified atom stereocenters. The van der Waals surface area contributed by atoms with Crippen LogP contribution < -0.4 is 0 Å². The molecule has 1 fully saturated rings. The smallest absolute Gasteiger partial charge is 0.254 e. The minimum atomic E-state index is -0.747. The number of hydrogen-bond donors (Lipinski definition) is 3. The number of piperazine rings is 1. The van der Waals surface area contributed by atoms with Gasteiger partial charge in [-0.3, -0.25) is 9.69 Å². The summed E-state index contributed by atoms with van der Waals surface area (Å²) in [4.78, 5) is 16.1. The second kappa shape index (κ2) is 5.91. The predicted octanol–water partition coefficient (Wildman–Crippen LogP) is 0.627. The molecule has 6 nitrogen and oxygen atoms in total. The van der Waals surface area contributed by atoms with Crippen molar-refractivity contribution >= 4 is 5.91 Å². The molecule has 0 bridgehead atoms. The van der Waals surface area contributed by atoms with E-state index >= 15 is 0 Å². The van der Waals surface area contributed by atoms with E-state index in [1.165, 1.54) is 18.2 Å². The first kappa shape index (κ1) is 15.6. The Bertz CT molecular complexity index is 497. The lowest BCUT2D eigenvalue weighted by atomic mass is 10.1. The fraction of sp³-hybridized carbons (Fsp3) is 0.533. The van der Waals surface area contributed by atoms with Gasteiger partial charge in [0, 0.05) is 44.4 Å². The highest BCUT2D eigenvalue weighted by atomic mass is 16.3. The third-order valence-corrected chi connectivity index (χ3v) is 3.42. The standard InChI is InChI=1S/C15H22N2O4/c1-15(2,21)10-16-3-5-17(6-4-16)14(20)11-7-12(18)9-13(19)8-11/h7-9,18-19,21H,3-6,10H2,1-2H3. The molecule has 1 amide bonds. The molecule has 21 heavy (non-hydrogen) atoms. The summed E-state index contributed by atoms with van der Waals surface area (Å²) in [5.41, 5.74) is -0.466. The van der Waals surface area contributed by atoms with Crippen LogP contribution in [0.2, 0.25) is 0 Å². The number of aromatic hydroxyl groups is 2. The van der Waals surface area contributed by atoms with E-state index in [1.807, 2.05) is 0 Å². The number of carbonyl (C=O) groups is 1. The summed E-state index contributed by atoms with van der Waals surface area (Å²) in [6.45, 7) is 6.61. The molecule has 1 aromatic rings. The first-order valence-corrected chi connectivity index (χ1v) is 7.02. The zero-order chi connectivity index (χ0) is 15.6. The number of phenolic OH excluding ortho intramolecular Hbond substituents is 2. The van der Waals surface area contributed by atoms with Crippen molar-refractivity contribution < 1.29 is 20.1 Å². The lowest BCUT2D eigenvalue weighted by Gasteiger charge is -2.37. The topological polar surface area (TPSA) is 84.2 Å². The summed E-state index contributed by atoms with van der Waals surface area (Å²) in [7, 11) is 0. The van der Waals surface area contributed by atoms with Gasteiger partial charge in [0.05, 0.1) is 5.60 Å². The van der Waals surface area contributed by atoms with Gasteiger partial charge in [-0.25, -0.2) is 0 Å².